The second-order valence-electron chi connectivity index (χ2n) is 5.61. The number of anilines is 1. The predicted molar refractivity (Wildman–Crippen MR) is 107 cm³/mol. The van der Waals surface area contributed by atoms with Gasteiger partial charge in [-0.2, -0.15) is 0 Å². The Balaban J connectivity index is 2.02. The van der Waals surface area contributed by atoms with Crippen molar-refractivity contribution in [2.24, 2.45) is 0 Å². The highest BCUT2D eigenvalue weighted by Gasteiger charge is 2.40. The van der Waals surface area contributed by atoms with Crippen LogP contribution in [0, 0.1) is 0 Å². The van der Waals surface area contributed by atoms with Crippen LogP contribution in [0.3, 0.4) is 0 Å². The van der Waals surface area contributed by atoms with E-state index in [0.717, 1.165) is 11.3 Å². The van der Waals surface area contributed by atoms with Crippen molar-refractivity contribution < 1.29 is 14.3 Å². The zero-order chi connectivity index (χ0) is 18.7. The van der Waals surface area contributed by atoms with Gasteiger partial charge in [0.05, 0.1) is 12.8 Å². The molecule has 0 spiro atoms. The molecule has 0 unspecified atom stereocenters. The van der Waals surface area contributed by atoms with Gasteiger partial charge in [0.15, 0.2) is 5.11 Å². The highest BCUT2D eigenvalue weighted by atomic mass is 32.1. The Morgan fingerprint density at radius 2 is 1.96 bits per heavy atom. The van der Waals surface area contributed by atoms with Crippen LogP contribution >= 0.6 is 23.6 Å². The van der Waals surface area contributed by atoms with Crippen LogP contribution in [0.1, 0.15) is 16.7 Å². The summed E-state index contributed by atoms with van der Waals surface area (Å²) in [7, 11) is 1.31. The first-order chi connectivity index (χ1) is 12.5. The van der Waals surface area contributed by atoms with Crippen molar-refractivity contribution in [2.75, 3.05) is 18.6 Å². The largest absolute Gasteiger partial charge is 0.468 e. The monoisotopic (exact) mass is 386 g/mol. The average molecular weight is 386 g/mol. The van der Waals surface area contributed by atoms with Crippen LogP contribution in [0.5, 0.6) is 0 Å². The number of esters is 1. The molecule has 7 heteroatoms. The highest BCUT2D eigenvalue weighted by Crippen LogP contribution is 2.30. The maximum Gasteiger partial charge on any atom is 0.325 e. The minimum Gasteiger partial charge on any atom is -0.468 e. The van der Waals surface area contributed by atoms with Crippen LogP contribution in [-0.4, -0.2) is 35.5 Å². The molecule has 1 saturated heterocycles. The molecule has 3 rings (SSSR count). The summed E-state index contributed by atoms with van der Waals surface area (Å²) >= 11 is 7.11. The normalized spacial score (nSPS) is 15.8. The molecule has 1 aliphatic heterocycles. The van der Waals surface area contributed by atoms with Crippen molar-refractivity contribution in [3.8, 4) is 0 Å². The topological polar surface area (TPSA) is 49.9 Å². The van der Waals surface area contributed by atoms with E-state index in [9.17, 15) is 9.59 Å². The smallest absolute Gasteiger partial charge is 0.325 e. The predicted octanol–water partition coefficient (Wildman–Crippen LogP) is 3.46. The summed E-state index contributed by atoms with van der Waals surface area (Å²) in [6.07, 6.45) is 2.71. The lowest BCUT2D eigenvalue weighted by Crippen LogP contribution is -2.35. The summed E-state index contributed by atoms with van der Waals surface area (Å²) in [5.41, 5.74) is 1.04. The van der Waals surface area contributed by atoms with Crippen molar-refractivity contribution >= 4 is 52.3 Å². The molecule has 2 aromatic rings. The highest BCUT2D eigenvalue weighted by molar-refractivity contribution is 7.80. The van der Waals surface area contributed by atoms with Crippen molar-refractivity contribution in [3.63, 3.8) is 0 Å². The number of amides is 1. The van der Waals surface area contributed by atoms with Gasteiger partial charge in [-0.05, 0) is 49.0 Å². The van der Waals surface area contributed by atoms with Gasteiger partial charge in [-0.25, -0.2) is 0 Å². The molecule has 1 aromatic heterocycles. The molecule has 0 atom stereocenters. The first-order valence-corrected chi connectivity index (χ1v) is 9.35. The summed E-state index contributed by atoms with van der Waals surface area (Å²) in [5.74, 6) is -0.710. The van der Waals surface area contributed by atoms with Crippen molar-refractivity contribution in [1.29, 1.82) is 0 Å². The number of hydrogen-bond donors (Lipinski definition) is 0. The molecule has 0 radical (unpaired) electrons. The first kappa shape index (κ1) is 18.3. The maximum absolute atomic E-state index is 13.1. The van der Waals surface area contributed by atoms with Gasteiger partial charge in [0.1, 0.15) is 12.2 Å². The average Bonchev–Trinajstić information content (AvgIpc) is 3.20. The molecule has 0 saturated carbocycles. The molecule has 26 heavy (non-hydrogen) atoms. The Bertz CT molecular complexity index is 874. The lowest BCUT2D eigenvalue weighted by molar-refractivity contribution is -0.140. The van der Waals surface area contributed by atoms with Gasteiger partial charge < -0.3 is 9.64 Å². The Labute approximate surface area is 161 Å². The van der Waals surface area contributed by atoms with Crippen molar-refractivity contribution in [2.45, 2.75) is 13.3 Å². The number of nitrogens with zero attached hydrogens (tertiary/aromatic N) is 2. The first-order valence-electron chi connectivity index (χ1n) is 8.13. The second kappa shape index (κ2) is 7.80. The second-order valence-corrected chi connectivity index (χ2v) is 7.17. The van der Waals surface area contributed by atoms with Crippen molar-refractivity contribution in [3.05, 3.63) is 57.9 Å². The van der Waals surface area contributed by atoms with Gasteiger partial charge in [0.2, 0.25) is 0 Å². The summed E-state index contributed by atoms with van der Waals surface area (Å²) < 4.78 is 4.76. The van der Waals surface area contributed by atoms with Gasteiger partial charge in [0, 0.05) is 9.75 Å². The molecule has 5 nitrogen and oxygen atoms in total. The zero-order valence-corrected chi connectivity index (χ0v) is 16.1. The van der Waals surface area contributed by atoms with E-state index < -0.39 is 5.97 Å². The van der Waals surface area contributed by atoms with Gasteiger partial charge >= 0.3 is 5.97 Å². The van der Waals surface area contributed by atoms with Crippen LogP contribution in [0.25, 0.3) is 6.08 Å². The van der Waals surface area contributed by atoms with E-state index in [1.165, 1.54) is 21.8 Å². The number of hydrogen-bond acceptors (Lipinski definition) is 5. The van der Waals surface area contributed by atoms with E-state index in [4.69, 9.17) is 17.0 Å². The van der Waals surface area contributed by atoms with Gasteiger partial charge in [-0.15, -0.1) is 11.3 Å². The van der Waals surface area contributed by atoms with E-state index in [1.807, 2.05) is 42.5 Å². The molecule has 2 heterocycles. The minimum atomic E-state index is -0.457. The minimum absolute atomic E-state index is 0.109. The fraction of sp³-hybridized carbons (Fsp3) is 0.211. The van der Waals surface area contributed by atoms with Crippen LogP contribution in [0.4, 0.5) is 5.69 Å². The fourth-order valence-corrected chi connectivity index (χ4v) is 3.87. The number of rotatable bonds is 5. The van der Waals surface area contributed by atoms with E-state index >= 15 is 0 Å². The number of aryl methyl sites for hydroxylation is 1. The van der Waals surface area contributed by atoms with Gasteiger partial charge in [0.25, 0.3) is 5.91 Å². The van der Waals surface area contributed by atoms with E-state index in [-0.39, 0.29) is 17.6 Å². The van der Waals surface area contributed by atoms with Gasteiger partial charge in [-0.1, -0.05) is 25.1 Å². The zero-order valence-electron chi connectivity index (χ0n) is 14.5. The van der Waals surface area contributed by atoms with Crippen LogP contribution in [0.2, 0.25) is 0 Å². The Kier molecular flexibility index (Phi) is 5.49. The molecule has 0 bridgehead atoms. The summed E-state index contributed by atoms with van der Waals surface area (Å²) in [6.45, 7) is 1.97. The quantitative estimate of drug-likeness (QED) is 0.447. The number of para-hydroxylation sites is 1. The SMILES string of the molecule is CCc1ccc(/C=C2\C(=O)N(c3ccccc3)C(=S)N2CC(=O)OC)s1. The molecule has 0 N–H and O–H groups in total. The maximum atomic E-state index is 13.1. The summed E-state index contributed by atoms with van der Waals surface area (Å²) in [4.78, 5) is 30.0. The number of carbonyl (C=O) groups is 2. The van der Waals surface area contributed by atoms with E-state index in [2.05, 4.69) is 6.92 Å². The van der Waals surface area contributed by atoms with Gasteiger partial charge in [-0.3, -0.25) is 14.5 Å². The summed E-state index contributed by atoms with van der Waals surface area (Å²) in [6, 6.07) is 13.2. The van der Waals surface area contributed by atoms with Crippen LogP contribution in [-0.2, 0) is 20.7 Å². The summed E-state index contributed by atoms with van der Waals surface area (Å²) in [5, 5.41) is 0.269. The number of thiophene rings is 1. The molecule has 1 aliphatic rings. The molecule has 1 fully saturated rings. The van der Waals surface area contributed by atoms with Crippen LogP contribution < -0.4 is 4.90 Å². The molecule has 1 aromatic carbocycles. The van der Waals surface area contributed by atoms with E-state index in [0.29, 0.717) is 11.4 Å². The third-order valence-corrected chi connectivity index (χ3v) is 5.55. The lowest BCUT2D eigenvalue weighted by atomic mass is 10.2. The number of carbonyl (C=O) groups excluding carboxylic acids is 2. The molecule has 0 aliphatic carbocycles. The Morgan fingerprint density at radius 3 is 2.58 bits per heavy atom. The number of methoxy groups -OCH3 is 1. The fourth-order valence-electron chi connectivity index (χ4n) is 2.63. The number of ether oxygens (including phenoxy) is 1. The molecular formula is C19H18N2O3S2. The third kappa shape index (κ3) is 3.54. The van der Waals surface area contributed by atoms with E-state index in [1.54, 1.807) is 17.4 Å². The van der Waals surface area contributed by atoms with Crippen molar-refractivity contribution in [1.82, 2.24) is 4.90 Å². The molecule has 134 valence electrons. The molecular weight excluding hydrogens is 368 g/mol. The molecule has 1 amide bonds. The lowest BCUT2D eigenvalue weighted by Gasteiger charge is -2.19. The Morgan fingerprint density at radius 1 is 1.23 bits per heavy atom. The number of benzene rings is 1. The number of thiocarbonyl (C=S) groups is 1. The Hall–Kier alpha value is -2.51. The van der Waals surface area contributed by atoms with Crippen LogP contribution in [0.15, 0.2) is 48.2 Å². The standard InChI is InChI=1S/C19H18N2O3S2/c1-3-14-9-10-15(26-14)11-16-18(23)21(13-7-5-4-6-8-13)19(25)20(16)12-17(22)24-2/h4-11H,3,12H2,1-2H3/b16-11+. The third-order valence-electron chi connectivity index (χ3n) is 3.97.